The van der Waals surface area contributed by atoms with Gasteiger partial charge >= 0.3 is 5.97 Å². The van der Waals surface area contributed by atoms with E-state index in [1.165, 1.54) is 11.2 Å². The highest BCUT2D eigenvalue weighted by molar-refractivity contribution is 6.18. The van der Waals surface area contributed by atoms with Crippen LogP contribution in [0, 0.1) is 11.8 Å². The fourth-order valence-corrected chi connectivity index (χ4v) is 2.07. The van der Waals surface area contributed by atoms with E-state index in [0.717, 1.165) is 0 Å². The highest BCUT2D eigenvalue weighted by Gasteiger charge is 2.47. The smallest absolute Gasteiger partial charge is 0.343 e. The highest BCUT2D eigenvalue weighted by Crippen LogP contribution is 2.44. The highest BCUT2D eigenvalue weighted by atomic mass is 16.5. The number of nitrogens with zero attached hydrogens (tertiary/aromatic N) is 2. The van der Waals surface area contributed by atoms with Crippen LogP contribution in [0.3, 0.4) is 0 Å². The largest absolute Gasteiger partial charge is 0.462 e. The van der Waals surface area contributed by atoms with Crippen molar-refractivity contribution in [3.05, 3.63) is 23.7 Å². The summed E-state index contributed by atoms with van der Waals surface area (Å²) in [7, 11) is 5.14. The molecule has 0 aromatic heterocycles. The molecule has 0 spiro atoms. The molecule has 7 nitrogen and oxygen atoms in total. The Balaban J connectivity index is 2.83. The lowest BCUT2D eigenvalue weighted by Gasteiger charge is -2.11. The zero-order valence-electron chi connectivity index (χ0n) is 13.0. The normalized spacial score (nSPS) is 21.8. The molecule has 118 valence electrons. The third-order valence-corrected chi connectivity index (χ3v) is 3.06. The average Bonchev–Trinajstić information content (AvgIpc) is 3.14. The molecular formula is C14H24N4O3. The van der Waals surface area contributed by atoms with Gasteiger partial charge in [0, 0.05) is 51.1 Å². The number of allylic oxidation sites excluding steroid dienone is 1. The van der Waals surface area contributed by atoms with E-state index >= 15 is 0 Å². The molecule has 7 heteroatoms. The first-order valence-corrected chi connectivity index (χ1v) is 6.82. The molecule has 2 atom stereocenters. The molecular weight excluding hydrogens is 272 g/mol. The van der Waals surface area contributed by atoms with E-state index in [1.807, 2.05) is 0 Å². The number of hydrazine groups is 1. The maximum atomic E-state index is 12.4. The summed E-state index contributed by atoms with van der Waals surface area (Å²) in [5, 5.41) is 1.34. The Morgan fingerprint density at radius 2 is 1.86 bits per heavy atom. The molecule has 1 rings (SSSR count). The van der Waals surface area contributed by atoms with Crippen molar-refractivity contribution in [3.8, 4) is 0 Å². The minimum absolute atomic E-state index is 0.0586. The molecule has 0 amide bonds. The first-order valence-electron chi connectivity index (χ1n) is 6.82. The lowest BCUT2D eigenvalue weighted by atomic mass is 10.1. The number of carbonyl (C=O) groups is 2. The molecule has 0 radical (unpaired) electrons. The van der Waals surface area contributed by atoms with E-state index in [-0.39, 0.29) is 29.8 Å². The van der Waals surface area contributed by atoms with Crippen LogP contribution in [-0.4, -0.2) is 49.4 Å². The quantitative estimate of drug-likeness (QED) is 0.168. The second-order valence-electron chi connectivity index (χ2n) is 5.33. The van der Waals surface area contributed by atoms with Crippen LogP contribution in [0.1, 0.15) is 13.3 Å². The van der Waals surface area contributed by atoms with Crippen LogP contribution in [0.25, 0.3) is 0 Å². The summed E-state index contributed by atoms with van der Waals surface area (Å²) in [6.45, 7) is 1.93. The van der Waals surface area contributed by atoms with Crippen molar-refractivity contribution in [3.63, 3.8) is 0 Å². The summed E-state index contributed by atoms with van der Waals surface area (Å²) in [6.07, 6.45) is 3.70. The molecule has 4 N–H and O–H groups in total. The number of nitrogens with two attached hydrogens (primary N) is 2. The Morgan fingerprint density at radius 3 is 2.33 bits per heavy atom. The molecule has 1 saturated carbocycles. The molecule has 0 aliphatic heterocycles. The van der Waals surface area contributed by atoms with E-state index in [1.54, 1.807) is 39.2 Å². The summed E-state index contributed by atoms with van der Waals surface area (Å²) in [5.41, 5.74) is 6.49. The Morgan fingerprint density at radius 1 is 1.24 bits per heavy atom. The zero-order chi connectivity index (χ0) is 16.2. The number of Topliss-reactive ketones (excluding diaryl/α,β-unsaturated/α-hetero) is 1. The van der Waals surface area contributed by atoms with Crippen molar-refractivity contribution in [2.75, 3.05) is 27.7 Å². The third kappa shape index (κ3) is 4.78. The summed E-state index contributed by atoms with van der Waals surface area (Å²) < 4.78 is 4.94. The maximum absolute atomic E-state index is 12.4. The predicted octanol–water partition coefficient (Wildman–Crippen LogP) is -0.194. The van der Waals surface area contributed by atoms with Crippen LogP contribution in [0.5, 0.6) is 0 Å². The van der Waals surface area contributed by atoms with Gasteiger partial charge in [0.25, 0.3) is 0 Å². The molecule has 0 aromatic carbocycles. The standard InChI is InChI=1S/C14H24N4O3/c1-5-21-14(20)11(7-17(2)3)13(19)10-6-9(10)12(15)8-18(4)16/h7-10H,5-6,15-16H2,1-4H3/b11-7-,12-8-. The fourth-order valence-electron chi connectivity index (χ4n) is 2.07. The van der Waals surface area contributed by atoms with E-state index in [0.29, 0.717) is 12.1 Å². The molecule has 1 fully saturated rings. The molecule has 0 heterocycles. The van der Waals surface area contributed by atoms with Gasteiger partial charge in [0.2, 0.25) is 0 Å². The number of ether oxygens (including phenoxy) is 1. The van der Waals surface area contributed by atoms with Gasteiger partial charge in [-0.3, -0.25) is 4.79 Å². The Kier molecular flexibility index (Phi) is 5.78. The molecule has 1 aliphatic carbocycles. The lowest BCUT2D eigenvalue weighted by Crippen LogP contribution is -2.23. The Hall–Kier alpha value is -2.02. The molecule has 0 aromatic rings. The summed E-state index contributed by atoms with van der Waals surface area (Å²) >= 11 is 0. The van der Waals surface area contributed by atoms with Gasteiger partial charge in [0.1, 0.15) is 5.57 Å². The average molecular weight is 296 g/mol. The van der Waals surface area contributed by atoms with Gasteiger partial charge in [-0.1, -0.05) is 0 Å². The van der Waals surface area contributed by atoms with Gasteiger partial charge in [0.05, 0.1) is 6.61 Å². The van der Waals surface area contributed by atoms with Crippen LogP contribution in [0.4, 0.5) is 0 Å². The summed E-state index contributed by atoms with van der Waals surface area (Å²) in [5.74, 6) is 4.32. The van der Waals surface area contributed by atoms with Crippen LogP contribution in [0.15, 0.2) is 23.7 Å². The zero-order valence-corrected chi connectivity index (χ0v) is 13.0. The fraction of sp³-hybridized carbons (Fsp3) is 0.571. The number of esters is 1. The number of hydrogen-bond donors (Lipinski definition) is 2. The van der Waals surface area contributed by atoms with Crippen molar-refractivity contribution >= 4 is 11.8 Å². The van der Waals surface area contributed by atoms with Gasteiger partial charge in [0.15, 0.2) is 5.78 Å². The van der Waals surface area contributed by atoms with Crippen molar-refractivity contribution in [1.29, 1.82) is 0 Å². The van der Waals surface area contributed by atoms with Crippen molar-refractivity contribution < 1.29 is 14.3 Å². The van der Waals surface area contributed by atoms with E-state index in [4.69, 9.17) is 16.3 Å². The van der Waals surface area contributed by atoms with Crippen molar-refractivity contribution in [1.82, 2.24) is 9.91 Å². The Labute approximate surface area is 125 Å². The summed E-state index contributed by atoms with van der Waals surface area (Å²) in [4.78, 5) is 26.0. The SMILES string of the molecule is CCOC(=O)/C(=C\N(C)C)C(=O)C1CC1/C(N)=C/N(C)N. The number of carbonyl (C=O) groups excluding carboxylic acids is 2. The monoisotopic (exact) mass is 296 g/mol. The minimum atomic E-state index is -0.597. The predicted molar refractivity (Wildman–Crippen MR) is 79.2 cm³/mol. The van der Waals surface area contributed by atoms with E-state index in [9.17, 15) is 9.59 Å². The van der Waals surface area contributed by atoms with Crippen LogP contribution in [0.2, 0.25) is 0 Å². The van der Waals surface area contributed by atoms with Crippen molar-refractivity contribution in [2.45, 2.75) is 13.3 Å². The second kappa shape index (κ2) is 7.12. The van der Waals surface area contributed by atoms with Gasteiger partial charge in [-0.25, -0.2) is 10.6 Å². The third-order valence-electron chi connectivity index (χ3n) is 3.06. The van der Waals surface area contributed by atoms with Crippen LogP contribution >= 0.6 is 0 Å². The minimum Gasteiger partial charge on any atom is -0.462 e. The van der Waals surface area contributed by atoms with Crippen molar-refractivity contribution in [2.24, 2.45) is 23.4 Å². The second-order valence-corrected chi connectivity index (χ2v) is 5.33. The van der Waals surface area contributed by atoms with Gasteiger partial charge in [-0.2, -0.15) is 0 Å². The lowest BCUT2D eigenvalue weighted by molar-refractivity contribution is -0.140. The number of hydrogen-bond acceptors (Lipinski definition) is 7. The van der Waals surface area contributed by atoms with Crippen LogP contribution in [-0.2, 0) is 14.3 Å². The summed E-state index contributed by atoms with van der Waals surface area (Å²) in [6, 6.07) is 0. The number of rotatable bonds is 7. The molecule has 21 heavy (non-hydrogen) atoms. The topological polar surface area (TPSA) is 102 Å². The Bertz CT molecular complexity index is 469. The molecule has 2 unspecified atom stereocenters. The van der Waals surface area contributed by atoms with Gasteiger partial charge < -0.3 is 20.4 Å². The molecule has 0 bridgehead atoms. The van der Waals surface area contributed by atoms with Gasteiger partial charge in [-0.15, -0.1) is 0 Å². The maximum Gasteiger partial charge on any atom is 0.343 e. The first-order chi connectivity index (χ1) is 9.77. The molecule has 0 saturated heterocycles. The van der Waals surface area contributed by atoms with Gasteiger partial charge in [-0.05, 0) is 13.3 Å². The molecule has 1 aliphatic rings. The number of ketones is 1. The van der Waals surface area contributed by atoms with E-state index < -0.39 is 5.97 Å². The first kappa shape index (κ1) is 17.0. The van der Waals surface area contributed by atoms with E-state index in [2.05, 4.69) is 0 Å². The van der Waals surface area contributed by atoms with Crippen LogP contribution < -0.4 is 11.6 Å².